The predicted molar refractivity (Wildman–Crippen MR) is 80.4 cm³/mol. The van der Waals surface area contributed by atoms with Crippen LogP contribution in [0.4, 0.5) is 0 Å². The quantitative estimate of drug-likeness (QED) is 0.828. The fourth-order valence-electron chi connectivity index (χ4n) is 3.84. The topological polar surface area (TPSA) is 24.5 Å². The van der Waals surface area contributed by atoms with E-state index in [0.717, 1.165) is 37.6 Å². The zero-order valence-corrected chi connectivity index (χ0v) is 13.2. The molecule has 0 aromatic rings. The second kappa shape index (κ2) is 7.05. The normalized spacial score (nSPS) is 38.5. The third-order valence-corrected chi connectivity index (χ3v) is 5.15. The van der Waals surface area contributed by atoms with Crippen LogP contribution in [0.25, 0.3) is 0 Å². The average Bonchev–Trinajstić information content (AvgIpc) is 2.88. The summed E-state index contributed by atoms with van der Waals surface area (Å²) in [6, 6.07) is 1.33. The molecular formula is C16H32N2O. The van der Waals surface area contributed by atoms with Crippen molar-refractivity contribution in [1.82, 2.24) is 10.2 Å². The van der Waals surface area contributed by atoms with Gasteiger partial charge in [0.05, 0.1) is 6.61 Å². The van der Waals surface area contributed by atoms with Crippen LogP contribution in [0.5, 0.6) is 0 Å². The van der Waals surface area contributed by atoms with E-state index in [1.807, 2.05) is 0 Å². The summed E-state index contributed by atoms with van der Waals surface area (Å²) in [4.78, 5) is 2.71. The third-order valence-electron chi connectivity index (χ3n) is 5.15. The molecule has 2 heterocycles. The first kappa shape index (κ1) is 15.3. The van der Waals surface area contributed by atoms with Gasteiger partial charge in [0.2, 0.25) is 0 Å². The first-order valence-corrected chi connectivity index (χ1v) is 8.17. The highest BCUT2D eigenvalue weighted by molar-refractivity contribution is 4.88. The first-order chi connectivity index (χ1) is 9.11. The number of nitrogens with one attached hydrogen (secondary N) is 1. The Hall–Kier alpha value is -0.120. The predicted octanol–water partition coefficient (Wildman–Crippen LogP) is 2.37. The van der Waals surface area contributed by atoms with E-state index in [1.165, 1.54) is 25.9 Å². The second-order valence-corrected chi connectivity index (χ2v) is 6.80. The van der Waals surface area contributed by atoms with Gasteiger partial charge in [0.25, 0.3) is 0 Å². The first-order valence-electron chi connectivity index (χ1n) is 8.17. The molecule has 2 aliphatic rings. The molecule has 3 heteroatoms. The van der Waals surface area contributed by atoms with Crippen molar-refractivity contribution in [3.8, 4) is 0 Å². The number of likely N-dealkylation sites (N-methyl/N-ethyl adjacent to an activating group) is 1. The zero-order valence-electron chi connectivity index (χ0n) is 13.2. The molecule has 0 aliphatic carbocycles. The zero-order chi connectivity index (χ0) is 13.8. The molecule has 0 saturated carbocycles. The summed E-state index contributed by atoms with van der Waals surface area (Å²) >= 11 is 0. The number of likely N-dealkylation sites (tertiary alicyclic amines) is 1. The molecule has 0 bridgehead atoms. The molecule has 0 spiro atoms. The molecule has 2 rings (SSSR count). The van der Waals surface area contributed by atoms with E-state index in [1.54, 1.807) is 0 Å². The van der Waals surface area contributed by atoms with Crippen LogP contribution in [-0.4, -0.2) is 49.8 Å². The van der Waals surface area contributed by atoms with Crippen molar-refractivity contribution in [3.05, 3.63) is 0 Å². The molecule has 2 fully saturated rings. The Morgan fingerprint density at radius 3 is 2.74 bits per heavy atom. The minimum atomic E-state index is 0.604. The summed E-state index contributed by atoms with van der Waals surface area (Å²) in [5, 5.41) is 3.70. The number of ether oxygens (including phenoxy) is 1. The lowest BCUT2D eigenvalue weighted by Crippen LogP contribution is -2.53. The van der Waals surface area contributed by atoms with Crippen LogP contribution >= 0.6 is 0 Å². The van der Waals surface area contributed by atoms with Crippen molar-refractivity contribution >= 4 is 0 Å². The molecule has 0 aromatic heterocycles. The van der Waals surface area contributed by atoms with Crippen LogP contribution in [0, 0.1) is 17.8 Å². The molecule has 2 aliphatic heterocycles. The van der Waals surface area contributed by atoms with E-state index >= 15 is 0 Å². The summed E-state index contributed by atoms with van der Waals surface area (Å²) < 4.78 is 5.58. The third kappa shape index (κ3) is 3.93. The van der Waals surface area contributed by atoms with E-state index in [4.69, 9.17) is 4.74 Å². The van der Waals surface area contributed by atoms with Crippen molar-refractivity contribution < 1.29 is 4.74 Å². The van der Waals surface area contributed by atoms with Crippen molar-refractivity contribution in [2.24, 2.45) is 17.8 Å². The molecule has 1 N–H and O–H groups in total. The van der Waals surface area contributed by atoms with E-state index in [2.05, 4.69) is 37.9 Å². The van der Waals surface area contributed by atoms with Crippen molar-refractivity contribution in [1.29, 1.82) is 0 Å². The summed E-state index contributed by atoms with van der Waals surface area (Å²) in [5.41, 5.74) is 0. The lowest BCUT2D eigenvalue weighted by molar-refractivity contribution is 0.0609. The molecule has 2 saturated heterocycles. The SMILES string of the molecule is CCNC(CN1CC(C)CC(C)C1C)C1CCOC1. The highest BCUT2D eigenvalue weighted by Crippen LogP contribution is 2.28. The summed E-state index contributed by atoms with van der Waals surface area (Å²) in [6.45, 7) is 14.9. The van der Waals surface area contributed by atoms with Gasteiger partial charge in [-0.1, -0.05) is 20.8 Å². The Bertz CT molecular complexity index is 263. The van der Waals surface area contributed by atoms with Crippen LogP contribution in [0.3, 0.4) is 0 Å². The fourth-order valence-corrected chi connectivity index (χ4v) is 3.84. The van der Waals surface area contributed by atoms with Gasteiger partial charge >= 0.3 is 0 Å². The van der Waals surface area contributed by atoms with Crippen molar-refractivity contribution in [2.75, 3.05) is 32.8 Å². The van der Waals surface area contributed by atoms with Gasteiger partial charge in [-0.2, -0.15) is 0 Å². The van der Waals surface area contributed by atoms with E-state index in [-0.39, 0.29) is 0 Å². The smallest absolute Gasteiger partial charge is 0.0510 e. The van der Waals surface area contributed by atoms with Gasteiger partial charge in [-0.05, 0) is 38.1 Å². The lowest BCUT2D eigenvalue weighted by atomic mass is 9.85. The van der Waals surface area contributed by atoms with Gasteiger partial charge in [0, 0.05) is 37.7 Å². The molecule has 112 valence electrons. The van der Waals surface area contributed by atoms with Crippen LogP contribution in [-0.2, 0) is 4.74 Å². The lowest BCUT2D eigenvalue weighted by Gasteiger charge is -2.43. The Morgan fingerprint density at radius 2 is 2.11 bits per heavy atom. The number of rotatable bonds is 5. The molecule has 5 unspecified atom stereocenters. The highest BCUT2D eigenvalue weighted by atomic mass is 16.5. The molecule has 0 aromatic carbocycles. The van der Waals surface area contributed by atoms with Gasteiger partial charge in [0.15, 0.2) is 0 Å². The number of nitrogens with zero attached hydrogens (tertiary/aromatic N) is 1. The maximum atomic E-state index is 5.58. The Labute approximate surface area is 119 Å². The van der Waals surface area contributed by atoms with Gasteiger partial charge in [0.1, 0.15) is 0 Å². The summed E-state index contributed by atoms with van der Waals surface area (Å²) in [6.07, 6.45) is 2.61. The summed E-state index contributed by atoms with van der Waals surface area (Å²) in [7, 11) is 0. The average molecular weight is 268 g/mol. The monoisotopic (exact) mass is 268 g/mol. The second-order valence-electron chi connectivity index (χ2n) is 6.80. The van der Waals surface area contributed by atoms with Crippen LogP contribution in [0.15, 0.2) is 0 Å². The van der Waals surface area contributed by atoms with E-state index < -0.39 is 0 Å². The number of piperidine rings is 1. The van der Waals surface area contributed by atoms with Gasteiger partial charge in [-0.3, -0.25) is 4.90 Å². The van der Waals surface area contributed by atoms with Gasteiger partial charge in [-0.25, -0.2) is 0 Å². The summed E-state index contributed by atoms with van der Waals surface area (Å²) in [5.74, 6) is 2.37. The molecule has 0 radical (unpaired) electrons. The van der Waals surface area contributed by atoms with Crippen LogP contribution in [0.1, 0.15) is 40.5 Å². The molecule has 5 atom stereocenters. The maximum absolute atomic E-state index is 5.58. The maximum Gasteiger partial charge on any atom is 0.0510 e. The highest BCUT2D eigenvalue weighted by Gasteiger charge is 2.33. The van der Waals surface area contributed by atoms with E-state index in [9.17, 15) is 0 Å². The van der Waals surface area contributed by atoms with Crippen molar-refractivity contribution in [2.45, 2.75) is 52.6 Å². The van der Waals surface area contributed by atoms with Crippen molar-refractivity contribution in [3.63, 3.8) is 0 Å². The standard InChI is InChI=1S/C16H32N2O/c1-5-17-16(15-6-7-19-11-15)10-18-9-12(2)8-13(3)14(18)4/h12-17H,5-11H2,1-4H3. The van der Waals surface area contributed by atoms with E-state index in [0.29, 0.717) is 12.0 Å². The van der Waals surface area contributed by atoms with Gasteiger partial charge in [-0.15, -0.1) is 0 Å². The molecular weight excluding hydrogens is 236 g/mol. The largest absolute Gasteiger partial charge is 0.381 e. The van der Waals surface area contributed by atoms with Gasteiger partial charge < -0.3 is 10.1 Å². The Balaban J connectivity index is 1.94. The minimum Gasteiger partial charge on any atom is -0.381 e. The molecule has 3 nitrogen and oxygen atoms in total. The number of hydrogen-bond acceptors (Lipinski definition) is 3. The molecule has 19 heavy (non-hydrogen) atoms. The number of hydrogen-bond donors (Lipinski definition) is 1. The Kier molecular flexibility index (Phi) is 5.67. The van der Waals surface area contributed by atoms with Crippen LogP contribution < -0.4 is 5.32 Å². The fraction of sp³-hybridized carbons (Fsp3) is 1.00. The van der Waals surface area contributed by atoms with Crippen LogP contribution in [0.2, 0.25) is 0 Å². The molecule has 0 amide bonds. The Morgan fingerprint density at radius 1 is 1.32 bits per heavy atom. The minimum absolute atomic E-state index is 0.604.